The second-order valence-corrected chi connectivity index (χ2v) is 9.16. The lowest BCUT2D eigenvalue weighted by molar-refractivity contribution is -0.152. The Hall–Kier alpha value is -4.07. The van der Waals surface area contributed by atoms with E-state index in [0.29, 0.717) is 46.0 Å². The van der Waals surface area contributed by atoms with E-state index in [1.54, 1.807) is 47.1 Å². The van der Waals surface area contributed by atoms with Crippen molar-refractivity contribution in [3.8, 4) is 11.5 Å². The first-order valence-electron chi connectivity index (χ1n) is 12.7. The van der Waals surface area contributed by atoms with Crippen molar-refractivity contribution < 1.29 is 33.3 Å². The van der Waals surface area contributed by atoms with Crippen LogP contribution in [-0.4, -0.2) is 45.2 Å². The number of ether oxygens (including phenoxy) is 4. The first kappa shape index (κ1) is 27.0. The smallest absolute Gasteiger partial charge is 0.336 e. The lowest BCUT2D eigenvalue weighted by Gasteiger charge is -2.39. The number of nitrogens with one attached hydrogen (secondary N) is 1. The van der Waals surface area contributed by atoms with Crippen LogP contribution < -0.4 is 14.8 Å². The summed E-state index contributed by atoms with van der Waals surface area (Å²) in [5.41, 5.74) is 3.49. The third-order valence-electron chi connectivity index (χ3n) is 7.03. The number of rotatable bonds is 8. The first-order valence-corrected chi connectivity index (χ1v) is 12.7. The largest absolute Gasteiger partial charge is 0.497 e. The number of dihydropyridines is 1. The predicted octanol–water partition coefficient (Wildman–Crippen LogP) is 4.42. The number of benzene rings is 2. The average Bonchev–Trinajstić information content (AvgIpc) is 2.92. The van der Waals surface area contributed by atoms with Crippen molar-refractivity contribution in [2.75, 3.05) is 27.4 Å². The van der Waals surface area contributed by atoms with Crippen LogP contribution in [0, 0.1) is 5.92 Å². The summed E-state index contributed by atoms with van der Waals surface area (Å²) >= 11 is 0. The molecule has 1 aliphatic carbocycles. The molecule has 2 aliphatic rings. The Morgan fingerprint density at radius 3 is 2.24 bits per heavy atom. The maximum Gasteiger partial charge on any atom is 0.336 e. The molecule has 0 spiro atoms. The summed E-state index contributed by atoms with van der Waals surface area (Å²) in [5, 5.41) is 3.31. The number of carbonyl (C=O) groups is 3. The van der Waals surface area contributed by atoms with Crippen LogP contribution in [0.15, 0.2) is 71.1 Å². The summed E-state index contributed by atoms with van der Waals surface area (Å²) in [4.78, 5) is 40.8. The van der Waals surface area contributed by atoms with E-state index >= 15 is 0 Å². The second kappa shape index (κ2) is 11.5. The molecule has 0 aromatic heterocycles. The van der Waals surface area contributed by atoms with Gasteiger partial charge in [-0.15, -0.1) is 0 Å². The van der Waals surface area contributed by atoms with E-state index in [4.69, 9.17) is 18.9 Å². The summed E-state index contributed by atoms with van der Waals surface area (Å²) < 4.78 is 21.5. The Bertz CT molecular complexity index is 1290. The van der Waals surface area contributed by atoms with Gasteiger partial charge in [0.15, 0.2) is 5.78 Å². The number of hydrogen-bond acceptors (Lipinski definition) is 8. The SMILES string of the molecule is CCOC(=O)C1=C(C)NC2=C(C(=O)C(C(=O)OCC)C(c3ccc(OC)cc3)C2)C1c1cccc(OC)c1. The molecular formula is C30H33NO7. The fraction of sp³-hybridized carbons (Fsp3) is 0.367. The second-order valence-electron chi connectivity index (χ2n) is 9.16. The minimum atomic E-state index is -1.07. The quantitative estimate of drug-likeness (QED) is 0.404. The first-order chi connectivity index (χ1) is 18.3. The molecule has 200 valence electrons. The highest BCUT2D eigenvalue weighted by atomic mass is 16.5. The zero-order valence-electron chi connectivity index (χ0n) is 22.3. The molecule has 0 fully saturated rings. The average molecular weight is 520 g/mol. The lowest BCUT2D eigenvalue weighted by Crippen LogP contribution is -2.43. The van der Waals surface area contributed by atoms with Gasteiger partial charge in [0.05, 0.1) is 33.0 Å². The molecular weight excluding hydrogens is 486 g/mol. The molecule has 3 unspecified atom stereocenters. The summed E-state index contributed by atoms with van der Waals surface area (Å²) in [6, 6.07) is 14.6. The Morgan fingerprint density at radius 2 is 1.61 bits per heavy atom. The minimum absolute atomic E-state index is 0.147. The normalized spacial score (nSPS) is 20.9. The molecule has 0 bridgehead atoms. The minimum Gasteiger partial charge on any atom is -0.497 e. The fourth-order valence-electron chi connectivity index (χ4n) is 5.34. The van der Waals surface area contributed by atoms with Gasteiger partial charge in [-0.1, -0.05) is 24.3 Å². The monoisotopic (exact) mass is 519 g/mol. The van der Waals surface area contributed by atoms with Crippen molar-refractivity contribution in [2.24, 2.45) is 5.92 Å². The van der Waals surface area contributed by atoms with Gasteiger partial charge in [0, 0.05) is 28.8 Å². The molecule has 2 aromatic carbocycles. The maximum atomic E-state index is 14.3. The van der Waals surface area contributed by atoms with E-state index < -0.39 is 29.7 Å². The van der Waals surface area contributed by atoms with E-state index in [0.717, 1.165) is 5.56 Å². The number of allylic oxidation sites excluding steroid dienone is 3. The molecule has 8 heteroatoms. The van der Waals surface area contributed by atoms with Crippen molar-refractivity contribution in [1.29, 1.82) is 0 Å². The van der Waals surface area contributed by atoms with Crippen LogP contribution in [-0.2, 0) is 23.9 Å². The van der Waals surface area contributed by atoms with Crippen molar-refractivity contribution in [3.63, 3.8) is 0 Å². The van der Waals surface area contributed by atoms with Crippen LogP contribution in [0.25, 0.3) is 0 Å². The van der Waals surface area contributed by atoms with Crippen LogP contribution >= 0.6 is 0 Å². The molecule has 0 radical (unpaired) electrons. The standard InChI is InChI=1S/C30H33NO7/c1-6-37-29(33)24-17(3)31-23-16-22(18-11-13-20(35-4)14-12-18)26(30(34)38-7-2)28(32)27(23)25(24)19-9-8-10-21(15-19)36-5/h8-15,22,25-26,31H,6-7,16H2,1-5H3. The van der Waals surface area contributed by atoms with Crippen LogP contribution in [0.2, 0.25) is 0 Å². The third kappa shape index (κ3) is 5.03. The van der Waals surface area contributed by atoms with E-state index in [1.165, 1.54) is 0 Å². The van der Waals surface area contributed by atoms with Crippen molar-refractivity contribution in [1.82, 2.24) is 5.32 Å². The summed E-state index contributed by atoms with van der Waals surface area (Å²) in [6.07, 6.45) is 0.380. The van der Waals surface area contributed by atoms with Gasteiger partial charge in [-0.05, 0) is 62.6 Å². The number of carbonyl (C=O) groups excluding carboxylic acids is 3. The Morgan fingerprint density at radius 1 is 0.921 bits per heavy atom. The van der Waals surface area contributed by atoms with Crippen molar-refractivity contribution in [2.45, 2.75) is 39.0 Å². The molecule has 0 amide bonds. The van der Waals surface area contributed by atoms with E-state index in [2.05, 4.69) is 5.32 Å². The van der Waals surface area contributed by atoms with Gasteiger partial charge >= 0.3 is 11.9 Å². The van der Waals surface area contributed by atoms with E-state index in [9.17, 15) is 14.4 Å². The van der Waals surface area contributed by atoms with Crippen molar-refractivity contribution >= 4 is 17.7 Å². The number of esters is 2. The van der Waals surface area contributed by atoms with E-state index in [1.807, 2.05) is 36.4 Å². The van der Waals surface area contributed by atoms with Gasteiger partial charge in [-0.25, -0.2) is 4.79 Å². The number of ketones is 1. The lowest BCUT2D eigenvalue weighted by atomic mass is 9.67. The Labute approximate surface area is 222 Å². The number of Topliss-reactive ketones (excluding diaryl/α,β-unsaturated/α-hetero) is 1. The molecule has 0 saturated carbocycles. The topological polar surface area (TPSA) is 100 Å². The highest BCUT2D eigenvalue weighted by Gasteiger charge is 2.49. The summed E-state index contributed by atoms with van der Waals surface area (Å²) in [5.74, 6) is -2.48. The predicted molar refractivity (Wildman–Crippen MR) is 141 cm³/mol. The van der Waals surface area contributed by atoms with Crippen LogP contribution in [0.4, 0.5) is 0 Å². The number of hydrogen-bond donors (Lipinski definition) is 1. The molecule has 38 heavy (non-hydrogen) atoms. The zero-order valence-corrected chi connectivity index (χ0v) is 22.3. The van der Waals surface area contributed by atoms with Gasteiger partial charge in [0.1, 0.15) is 17.4 Å². The molecule has 1 heterocycles. The van der Waals surface area contributed by atoms with Gasteiger partial charge < -0.3 is 24.3 Å². The highest BCUT2D eigenvalue weighted by molar-refractivity contribution is 6.13. The summed E-state index contributed by atoms with van der Waals surface area (Å²) in [6.45, 7) is 5.58. The van der Waals surface area contributed by atoms with Crippen LogP contribution in [0.5, 0.6) is 11.5 Å². The Balaban J connectivity index is 1.89. The zero-order chi connectivity index (χ0) is 27.4. The van der Waals surface area contributed by atoms with Gasteiger partial charge in [0.25, 0.3) is 0 Å². The highest BCUT2D eigenvalue weighted by Crippen LogP contribution is 2.48. The Kier molecular flexibility index (Phi) is 8.20. The van der Waals surface area contributed by atoms with Crippen LogP contribution in [0.1, 0.15) is 50.2 Å². The fourth-order valence-corrected chi connectivity index (χ4v) is 5.34. The molecule has 1 N–H and O–H groups in total. The molecule has 4 rings (SSSR count). The molecule has 8 nitrogen and oxygen atoms in total. The van der Waals surface area contributed by atoms with Gasteiger partial charge in [-0.2, -0.15) is 0 Å². The maximum absolute atomic E-state index is 14.3. The third-order valence-corrected chi connectivity index (χ3v) is 7.03. The molecule has 2 aromatic rings. The molecule has 3 atom stereocenters. The van der Waals surface area contributed by atoms with Crippen LogP contribution in [0.3, 0.4) is 0 Å². The molecule has 1 aliphatic heterocycles. The van der Waals surface area contributed by atoms with Gasteiger partial charge in [0.2, 0.25) is 0 Å². The van der Waals surface area contributed by atoms with Crippen molar-refractivity contribution in [3.05, 3.63) is 82.2 Å². The summed E-state index contributed by atoms with van der Waals surface area (Å²) in [7, 11) is 3.14. The number of methoxy groups -OCH3 is 2. The molecule has 0 saturated heterocycles. The van der Waals surface area contributed by atoms with Gasteiger partial charge in [-0.3, -0.25) is 9.59 Å². The van der Waals surface area contributed by atoms with E-state index in [-0.39, 0.29) is 19.0 Å².